The number of benzene rings is 1. The van der Waals surface area contributed by atoms with Crippen LogP contribution in [0.5, 0.6) is 0 Å². The normalized spacial score (nSPS) is 14.7. The molecule has 0 unspecified atom stereocenters. The van der Waals surface area contributed by atoms with Gasteiger partial charge in [0.1, 0.15) is 5.82 Å². The molecule has 0 atom stereocenters. The second-order valence-corrected chi connectivity index (χ2v) is 7.06. The molecule has 1 amide bonds. The largest absolute Gasteiger partial charge is 0.397 e. The highest BCUT2D eigenvalue weighted by Gasteiger charge is 2.16. The van der Waals surface area contributed by atoms with Crippen LogP contribution < -0.4 is 16.4 Å². The molecule has 0 bridgehead atoms. The Morgan fingerprint density at radius 2 is 1.96 bits per heavy atom. The zero-order valence-corrected chi connectivity index (χ0v) is 15.6. The molecule has 0 aliphatic heterocycles. The Morgan fingerprint density at radius 3 is 2.73 bits per heavy atom. The first-order valence-electron chi connectivity index (χ1n) is 8.48. The molecule has 1 aliphatic carbocycles. The summed E-state index contributed by atoms with van der Waals surface area (Å²) in [5, 5.41) is 6.84. The van der Waals surface area contributed by atoms with Crippen molar-refractivity contribution in [1.82, 2.24) is 4.98 Å². The Hall–Kier alpha value is -2.24. The fourth-order valence-corrected chi connectivity index (χ4v) is 3.28. The van der Waals surface area contributed by atoms with Crippen LogP contribution in [0.2, 0.25) is 10.0 Å². The lowest BCUT2D eigenvalue weighted by molar-refractivity contribution is -0.111. The Bertz CT molecular complexity index is 832. The van der Waals surface area contributed by atoms with Crippen LogP contribution in [0.15, 0.2) is 36.5 Å². The van der Waals surface area contributed by atoms with Gasteiger partial charge in [0.05, 0.1) is 21.4 Å². The Labute approximate surface area is 162 Å². The molecule has 2 aromatic rings. The number of pyridine rings is 1. The minimum absolute atomic E-state index is 0.314. The zero-order valence-electron chi connectivity index (χ0n) is 14.1. The average Bonchev–Trinajstić information content (AvgIpc) is 3.12. The van der Waals surface area contributed by atoms with Gasteiger partial charge < -0.3 is 16.4 Å². The first kappa shape index (κ1) is 18.5. The third-order valence-corrected chi connectivity index (χ3v) is 5.02. The van der Waals surface area contributed by atoms with Crippen LogP contribution in [0.3, 0.4) is 0 Å². The van der Waals surface area contributed by atoms with Gasteiger partial charge in [-0.2, -0.15) is 0 Å². The number of halogens is 2. The Kier molecular flexibility index (Phi) is 6.01. The van der Waals surface area contributed by atoms with Crippen LogP contribution in [0.1, 0.15) is 31.2 Å². The van der Waals surface area contributed by atoms with E-state index in [1.807, 2.05) is 12.1 Å². The molecule has 1 aliphatic rings. The Balaban J connectivity index is 1.69. The number of hydrogen-bond donors (Lipinski definition) is 3. The number of carbonyl (C=O) groups is 1. The first-order valence-corrected chi connectivity index (χ1v) is 9.23. The van der Waals surface area contributed by atoms with Crippen molar-refractivity contribution in [3.63, 3.8) is 0 Å². The number of hydrogen-bond acceptors (Lipinski definition) is 4. The van der Waals surface area contributed by atoms with Crippen LogP contribution in [0.4, 0.5) is 17.2 Å². The summed E-state index contributed by atoms with van der Waals surface area (Å²) in [7, 11) is 0. The van der Waals surface area contributed by atoms with Crippen molar-refractivity contribution in [3.05, 3.63) is 52.1 Å². The van der Waals surface area contributed by atoms with E-state index in [1.54, 1.807) is 12.3 Å². The zero-order chi connectivity index (χ0) is 18.5. The lowest BCUT2D eigenvalue weighted by Gasteiger charge is -2.14. The van der Waals surface area contributed by atoms with E-state index in [4.69, 9.17) is 28.9 Å². The number of anilines is 3. The van der Waals surface area contributed by atoms with Crippen molar-refractivity contribution in [2.75, 3.05) is 16.4 Å². The summed E-state index contributed by atoms with van der Waals surface area (Å²) in [6.07, 6.45) is 9.69. The SMILES string of the molecule is Nc1cc(Cl)c(Cl)cc1NC(=O)/C=C/c1cccnc1NC1CCCC1. The van der Waals surface area contributed by atoms with E-state index in [0.29, 0.717) is 27.5 Å². The standard InChI is InChI=1S/C19H20Cl2N4O/c20-14-10-16(22)17(11-15(14)21)25-18(26)8-7-12-4-3-9-23-19(12)24-13-5-1-2-6-13/h3-4,7-11,13H,1-2,5-6,22H2,(H,23,24)(H,25,26)/b8-7+. The van der Waals surface area contributed by atoms with Gasteiger partial charge in [-0.25, -0.2) is 4.98 Å². The van der Waals surface area contributed by atoms with Gasteiger partial charge in [0.2, 0.25) is 5.91 Å². The van der Waals surface area contributed by atoms with E-state index in [2.05, 4.69) is 15.6 Å². The molecule has 3 rings (SSSR count). The lowest BCUT2D eigenvalue weighted by Crippen LogP contribution is -2.16. The molecule has 7 heteroatoms. The van der Waals surface area contributed by atoms with E-state index in [1.165, 1.54) is 31.1 Å². The van der Waals surface area contributed by atoms with Crippen molar-refractivity contribution in [3.8, 4) is 0 Å². The molecule has 0 spiro atoms. The minimum atomic E-state index is -0.314. The maximum atomic E-state index is 12.2. The molecule has 1 fully saturated rings. The summed E-state index contributed by atoms with van der Waals surface area (Å²) < 4.78 is 0. The van der Waals surface area contributed by atoms with Crippen molar-refractivity contribution in [2.24, 2.45) is 0 Å². The molecule has 1 heterocycles. The fourth-order valence-electron chi connectivity index (χ4n) is 2.95. The number of nitrogens with zero attached hydrogens (tertiary/aromatic N) is 1. The van der Waals surface area contributed by atoms with Gasteiger partial charge in [-0.1, -0.05) is 36.0 Å². The maximum absolute atomic E-state index is 12.2. The predicted molar refractivity (Wildman–Crippen MR) is 109 cm³/mol. The highest BCUT2D eigenvalue weighted by molar-refractivity contribution is 6.42. The number of rotatable bonds is 5. The number of amides is 1. The van der Waals surface area contributed by atoms with Gasteiger partial charge in [0, 0.05) is 23.9 Å². The average molecular weight is 391 g/mol. The molecule has 5 nitrogen and oxygen atoms in total. The van der Waals surface area contributed by atoms with Crippen LogP contribution in [0.25, 0.3) is 6.08 Å². The van der Waals surface area contributed by atoms with Gasteiger partial charge >= 0.3 is 0 Å². The van der Waals surface area contributed by atoms with Crippen LogP contribution >= 0.6 is 23.2 Å². The number of nitrogens with two attached hydrogens (primary N) is 1. The van der Waals surface area contributed by atoms with Gasteiger partial charge in [-0.15, -0.1) is 0 Å². The molecule has 1 aromatic heterocycles. The summed E-state index contributed by atoms with van der Waals surface area (Å²) in [5.74, 6) is 0.475. The molecule has 136 valence electrons. The van der Waals surface area contributed by atoms with E-state index >= 15 is 0 Å². The maximum Gasteiger partial charge on any atom is 0.248 e. The molecule has 0 radical (unpaired) electrons. The van der Waals surface area contributed by atoms with Crippen LogP contribution in [0, 0.1) is 0 Å². The quantitative estimate of drug-likeness (QED) is 0.496. The number of nitrogen functional groups attached to an aromatic ring is 1. The fraction of sp³-hybridized carbons (Fsp3) is 0.263. The smallest absolute Gasteiger partial charge is 0.248 e. The molecule has 1 aromatic carbocycles. The highest BCUT2D eigenvalue weighted by atomic mass is 35.5. The second-order valence-electron chi connectivity index (χ2n) is 6.24. The molecular weight excluding hydrogens is 371 g/mol. The van der Waals surface area contributed by atoms with Gasteiger partial charge in [-0.05, 0) is 43.2 Å². The number of nitrogens with one attached hydrogen (secondary N) is 2. The van der Waals surface area contributed by atoms with Gasteiger partial charge in [0.25, 0.3) is 0 Å². The van der Waals surface area contributed by atoms with Gasteiger partial charge in [-0.3, -0.25) is 4.79 Å². The molecule has 4 N–H and O–H groups in total. The van der Waals surface area contributed by atoms with E-state index in [0.717, 1.165) is 24.2 Å². The predicted octanol–water partition coefficient (Wildman–Crippen LogP) is 4.98. The molecule has 26 heavy (non-hydrogen) atoms. The molecular formula is C19H20Cl2N4O. The van der Waals surface area contributed by atoms with Crippen LogP contribution in [-0.2, 0) is 4.79 Å². The molecule has 1 saturated carbocycles. The van der Waals surface area contributed by atoms with Crippen molar-refractivity contribution >= 4 is 52.4 Å². The second kappa shape index (κ2) is 8.43. The van der Waals surface area contributed by atoms with Gasteiger partial charge in [0.15, 0.2) is 0 Å². The number of aromatic nitrogens is 1. The third kappa shape index (κ3) is 4.68. The monoisotopic (exact) mass is 390 g/mol. The number of carbonyl (C=O) groups excluding carboxylic acids is 1. The first-order chi connectivity index (χ1) is 12.5. The summed E-state index contributed by atoms with van der Waals surface area (Å²) in [6.45, 7) is 0. The summed E-state index contributed by atoms with van der Waals surface area (Å²) in [4.78, 5) is 16.6. The summed E-state index contributed by atoms with van der Waals surface area (Å²) in [6, 6.07) is 7.24. The van der Waals surface area contributed by atoms with Crippen molar-refractivity contribution in [2.45, 2.75) is 31.7 Å². The van der Waals surface area contributed by atoms with Crippen molar-refractivity contribution < 1.29 is 4.79 Å². The van der Waals surface area contributed by atoms with E-state index < -0.39 is 0 Å². The topological polar surface area (TPSA) is 80.0 Å². The summed E-state index contributed by atoms with van der Waals surface area (Å²) >= 11 is 11.9. The highest BCUT2D eigenvalue weighted by Crippen LogP contribution is 2.30. The summed E-state index contributed by atoms with van der Waals surface area (Å²) in [5.41, 5.74) is 7.49. The van der Waals surface area contributed by atoms with E-state index in [9.17, 15) is 4.79 Å². The molecule has 0 saturated heterocycles. The minimum Gasteiger partial charge on any atom is -0.397 e. The van der Waals surface area contributed by atoms with Crippen LogP contribution in [-0.4, -0.2) is 16.9 Å². The Morgan fingerprint density at radius 1 is 1.23 bits per heavy atom. The van der Waals surface area contributed by atoms with E-state index in [-0.39, 0.29) is 5.91 Å². The lowest BCUT2D eigenvalue weighted by atomic mass is 10.2. The third-order valence-electron chi connectivity index (χ3n) is 4.30. The van der Waals surface area contributed by atoms with Crippen molar-refractivity contribution in [1.29, 1.82) is 0 Å².